The van der Waals surface area contributed by atoms with E-state index in [4.69, 9.17) is 9.47 Å². The number of rotatable bonds is 5. The molecule has 1 aromatic rings. The summed E-state index contributed by atoms with van der Waals surface area (Å²) < 4.78 is 26.6. The van der Waals surface area contributed by atoms with Crippen LogP contribution in [0.5, 0.6) is 11.5 Å². The Morgan fingerprint density at radius 3 is 2.15 bits per heavy atom. The minimum atomic E-state index is -0.581. The van der Waals surface area contributed by atoms with Gasteiger partial charge in [0.15, 0.2) is 11.5 Å². The van der Waals surface area contributed by atoms with Gasteiger partial charge in [0.2, 0.25) is 0 Å². The van der Waals surface area contributed by atoms with E-state index >= 15 is 0 Å². The van der Waals surface area contributed by atoms with E-state index in [1.54, 1.807) is 6.07 Å². The summed E-state index contributed by atoms with van der Waals surface area (Å²) in [6.45, 7) is 7.37. The van der Waals surface area contributed by atoms with Crippen molar-refractivity contribution in [1.82, 2.24) is 0 Å². The molecule has 1 rings (SSSR count). The molecular weight excluding hydrogens is 263 g/mol. The average molecular weight is 288 g/mol. The lowest BCUT2D eigenvalue weighted by molar-refractivity contribution is 0.0600. The maximum absolute atomic E-state index is 11.9. The number of halogens is 1. The highest BCUT2D eigenvalue weighted by Gasteiger charge is 2.10. The molecule has 4 nitrogen and oxygen atoms in total. The molecule has 0 aliphatic carbocycles. The lowest BCUT2D eigenvalue weighted by Gasteiger charge is -2.10. The summed E-state index contributed by atoms with van der Waals surface area (Å²) in [6, 6.07) is 4.56. The van der Waals surface area contributed by atoms with Crippen molar-refractivity contribution in [3.63, 3.8) is 0 Å². The van der Waals surface area contributed by atoms with E-state index in [1.165, 1.54) is 26.4 Å². The summed E-state index contributed by atoms with van der Waals surface area (Å²) in [5, 5.41) is 0. The monoisotopic (exact) mass is 288 g/mol. The van der Waals surface area contributed by atoms with Gasteiger partial charge < -0.3 is 14.2 Å². The van der Waals surface area contributed by atoms with E-state index in [-0.39, 0.29) is 6.61 Å². The summed E-state index contributed by atoms with van der Waals surface area (Å²) in [4.78, 5) is 11.2. The van der Waals surface area contributed by atoms with E-state index in [2.05, 4.69) is 4.74 Å². The topological polar surface area (TPSA) is 44.8 Å². The van der Waals surface area contributed by atoms with Crippen LogP contribution in [0.2, 0.25) is 0 Å². The highest BCUT2D eigenvalue weighted by Crippen LogP contribution is 2.28. The zero-order chi connectivity index (χ0) is 16.0. The van der Waals surface area contributed by atoms with Crippen LogP contribution in [0.25, 0.3) is 0 Å². The van der Waals surface area contributed by atoms with E-state index in [9.17, 15) is 9.18 Å². The van der Waals surface area contributed by atoms with Crippen LogP contribution in [0, 0.1) is 0 Å². The SMILES string of the molecule is CC.CC.COC(=O)c1ccc(OCCF)c(OC)c1. The molecule has 20 heavy (non-hydrogen) atoms. The lowest BCUT2D eigenvalue weighted by Crippen LogP contribution is -2.04. The van der Waals surface area contributed by atoms with Gasteiger partial charge in [-0.2, -0.15) is 0 Å². The number of hydrogen-bond acceptors (Lipinski definition) is 4. The molecule has 0 aliphatic rings. The number of ether oxygens (including phenoxy) is 3. The molecule has 0 amide bonds. The molecule has 0 spiro atoms. The predicted molar refractivity (Wildman–Crippen MR) is 78.5 cm³/mol. The number of carbonyl (C=O) groups is 1. The Morgan fingerprint density at radius 2 is 1.70 bits per heavy atom. The molecule has 0 saturated carbocycles. The average Bonchev–Trinajstić information content (AvgIpc) is 2.55. The molecule has 5 heteroatoms. The number of alkyl halides is 1. The highest BCUT2D eigenvalue weighted by atomic mass is 19.1. The standard InChI is InChI=1S/C11H13FO4.2C2H6/c1-14-10-7-8(11(13)15-2)3-4-9(10)16-6-5-12;2*1-2/h3-4,7H,5-6H2,1-2H3;2*1-2H3. The normalized spacial score (nSPS) is 8.35. The highest BCUT2D eigenvalue weighted by molar-refractivity contribution is 5.90. The molecule has 1 aromatic carbocycles. The van der Waals surface area contributed by atoms with Gasteiger partial charge in [-0.25, -0.2) is 9.18 Å². The van der Waals surface area contributed by atoms with Gasteiger partial charge in [-0.15, -0.1) is 0 Å². The second-order valence-corrected chi connectivity index (χ2v) is 2.89. The second-order valence-electron chi connectivity index (χ2n) is 2.89. The third-order valence-corrected chi connectivity index (χ3v) is 1.92. The fourth-order valence-electron chi connectivity index (χ4n) is 1.18. The van der Waals surface area contributed by atoms with Crippen molar-refractivity contribution in [2.45, 2.75) is 27.7 Å². The van der Waals surface area contributed by atoms with Gasteiger partial charge >= 0.3 is 5.97 Å². The summed E-state index contributed by atoms with van der Waals surface area (Å²) in [7, 11) is 2.74. The Morgan fingerprint density at radius 1 is 1.10 bits per heavy atom. The number of hydrogen-bond donors (Lipinski definition) is 0. The van der Waals surface area contributed by atoms with Gasteiger partial charge in [-0.3, -0.25) is 0 Å². The van der Waals surface area contributed by atoms with Crippen molar-refractivity contribution in [3.05, 3.63) is 23.8 Å². The molecule has 0 atom stereocenters. The third kappa shape index (κ3) is 6.97. The summed E-state index contributed by atoms with van der Waals surface area (Å²) in [5.41, 5.74) is 0.354. The van der Waals surface area contributed by atoms with Gasteiger partial charge in [0.1, 0.15) is 13.3 Å². The summed E-state index contributed by atoms with van der Waals surface area (Å²) in [5.74, 6) is 0.305. The first kappa shape index (κ1) is 20.5. The number of carbonyl (C=O) groups excluding carboxylic acids is 1. The summed E-state index contributed by atoms with van der Waals surface area (Å²) in [6.07, 6.45) is 0. The fourth-order valence-corrected chi connectivity index (χ4v) is 1.18. The molecule has 0 aromatic heterocycles. The Balaban J connectivity index is 0. The minimum absolute atomic E-state index is 0.0477. The Labute approximate surface area is 120 Å². The first-order valence-corrected chi connectivity index (χ1v) is 6.68. The van der Waals surface area contributed by atoms with E-state index in [0.717, 1.165) is 0 Å². The zero-order valence-corrected chi connectivity index (χ0v) is 13.2. The number of esters is 1. The third-order valence-electron chi connectivity index (χ3n) is 1.92. The maximum atomic E-state index is 11.9. The van der Waals surface area contributed by atoms with Crippen LogP contribution in [-0.4, -0.2) is 33.5 Å². The largest absolute Gasteiger partial charge is 0.493 e. The smallest absolute Gasteiger partial charge is 0.337 e. The Bertz CT molecular complexity index is 367. The molecule has 0 saturated heterocycles. The molecule has 0 heterocycles. The van der Waals surface area contributed by atoms with Gasteiger partial charge in [-0.05, 0) is 18.2 Å². The van der Waals surface area contributed by atoms with Crippen LogP contribution >= 0.6 is 0 Å². The van der Waals surface area contributed by atoms with Crippen LogP contribution in [-0.2, 0) is 4.74 Å². The molecule has 0 radical (unpaired) electrons. The first-order valence-electron chi connectivity index (χ1n) is 6.68. The van der Waals surface area contributed by atoms with E-state index in [1.807, 2.05) is 27.7 Å². The van der Waals surface area contributed by atoms with Gasteiger partial charge in [-0.1, -0.05) is 27.7 Å². The lowest BCUT2D eigenvalue weighted by atomic mass is 10.2. The zero-order valence-electron chi connectivity index (χ0n) is 13.2. The molecular formula is C15H25FO4. The molecule has 0 N–H and O–H groups in total. The van der Waals surface area contributed by atoms with Gasteiger partial charge in [0, 0.05) is 0 Å². The van der Waals surface area contributed by atoms with Crippen molar-refractivity contribution in [2.24, 2.45) is 0 Å². The van der Waals surface area contributed by atoms with Crippen LogP contribution in [0.3, 0.4) is 0 Å². The van der Waals surface area contributed by atoms with Crippen molar-refractivity contribution >= 4 is 5.97 Å². The fraction of sp³-hybridized carbons (Fsp3) is 0.533. The first-order chi connectivity index (χ1) is 9.72. The molecule has 0 fully saturated rings. The number of methoxy groups -OCH3 is 2. The maximum Gasteiger partial charge on any atom is 0.337 e. The van der Waals surface area contributed by atoms with E-state index < -0.39 is 12.6 Å². The molecule has 0 bridgehead atoms. The number of benzene rings is 1. The van der Waals surface area contributed by atoms with Gasteiger partial charge in [0.25, 0.3) is 0 Å². The van der Waals surface area contributed by atoms with Crippen LogP contribution < -0.4 is 9.47 Å². The second kappa shape index (κ2) is 13.6. The van der Waals surface area contributed by atoms with Crippen molar-refractivity contribution < 1.29 is 23.4 Å². The van der Waals surface area contributed by atoms with Crippen molar-refractivity contribution in [3.8, 4) is 11.5 Å². The molecule has 0 aliphatic heterocycles. The molecule has 0 unspecified atom stereocenters. The van der Waals surface area contributed by atoms with Crippen molar-refractivity contribution in [2.75, 3.05) is 27.5 Å². The predicted octanol–water partition coefficient (Wildman–Crippen LogP) is 3.88. The van der Waals surface area contributed by atoms with Crippen LogP contribution in [0.4, 0.5) is 4.39 Å². The van der Waals surface area contributed by atoms with Crippen molar-refractivity contribution in [1.29, 1.82) is 0 Å². The Kier molecular flexibility index (Phi) is 14.0. The van der Waals surface area contributed by atoms with E-state index in [0.29, 0.717) is 17.1 Å². The van der Waals surface area contributed by atoms with Gasteiger partial charge in [0.05, 0.1) is 19.8 Å². The summed E-state index contributed by atoms with van der Waals surface area (Å²) >= 11 is 0. The molecule has 116 valence electrons. The quantitative estimate of drug-likeness (QED) is 0.771. The van der Waals surface area contributed by atoms with Crippen LogP contribution in [0.15, 0.2) is 18.2 Å². The minimum Gasteiger partial charge on any atom is -0.493 e. The Hall–Kier alpha value is -1.78. The van der Waals surface area contributed by atoms with Crippen LogP contribution in [0.1, 0.15) is 38.1 Å².